The van der Waals surface area contributed by atoms with Crippen LogP contribution in [0.2, 0.25) is 0 Å². The number of nitrogens with one attached hydrogen (secondary N) is 1. The molecule has 2 heterocycles. The van der Waals surface area contributed by atoms with Gasteiger partial charge >= 0.3 is 24.1 Å². The number of fused-ring (bicyclic) bond motifs is 1. The molecule has 0 unspecified atom stereocenters. The lowest BCUT2D eigenvalue weighted by Crippen LogP contribution is -2.56. The molecule has 2 aliphatic heterocycles. The summed E-state index contributed by atoms with van der Waals surface area (Å²) in [6.07, 6.45) is -4.59. The molecule has 11 heteroatoms. The van der Waals surface area contributed by atoms with Crippen LogP contribution in [-0.4, -0.2) is 54.7 Å². The van der Waals surface area contributed by atoms with Crippen molar-refractivity contribution in [1.82, 2.24) is 4.90 Å². The molecular weight excluding hydrogens is 443 g/mol. The third kappa shape index (κ3) is 5.18. The summed E-state index contributed by atoms with van der Waals surface area (Å²) in [4.78, 5) is 39.9. The second-order valence-electron chi connectivity index (χ2n) is 7.76. The molecule has 1 fully saturated rings. The van der Waals surface area contributed by atoms with E-state index in [0.29, 0.717) is 35.8 Å². The predicted molar refractivity (Wildman–Crippen MR) is 111 cm³/mol. The Morgan fingerprint density at radius 2 is 1.85 bits per heavy atom. The SMILES string of the molecule is C[C@@H]1CN(c2ccc(OC(F)(F)F)cc2)CCN1C(=O)C(=O)Nc1ccc2c(c1)OC(=O)C2. The van der Waals surface area contributed by atoms with Gasteiger partial charge in [-0.2, -0.15) is 0 Å². The number of piperazine rings is 1. The Hall–Kier alpha value is -3.76. The van der Waals surface area contributed by atoms with Gasteiger partial charge in [-0.15, -0.1) is 13.2 Å². The maximum Gasteiger partial charge on any atom is 0.573 e. The predicted octanol–water partition coefficient (Wildman–Crippen LogP) is 2.72. The van der Waals surface area contributed by atoms with Crippen LogP contribution in [0.25, 0.3) is 0 Å². The minimum absolute atomic E-state index is 0.169. The van der Waals surface area contributed by atoms with E-state index in [1.807, 2.05) is 4.90 Å². The molecule has 2 aliphatic rings. The first-order valence-electron chi connectivity index (χ1n) is 10.2. The largest absolute Gasteiger partial charge is 0.573 e. The fourth-order valence-corrected chi connectivity index (χ4v) is 3.86. The van der Waals surface area contributed by atoms with Crippen molar-refractivity contribution in [2.24, 2.45) is 0 Å². The van der Waals surface area contributed by atoms with Gasteiger partial charge in [0.15, 0.2) is 0 Å². The number of rotatable bonds is 3. The minimum Gasteiger partial charge on any atom is -0.426 e. The molecular formula is C22H20F3N3O5. The van der Waals surface area contributed by atoms with Gasteiger partial charge in [0, 0.05) is 48.7 Å². The Morgan fingerprint density at radius 1 is 1.12 bits per heavy atom. The molecule has 0 aliphatic carbocycles. The Kier molecular flexibility index (Phi) is 5.88. The highest BCUT2D eigenvalue weighted by molar-refractivity contribution is 6.39. The standard InChI is InChI=1S/C22H20F3N3O5/c1-13-12-27(16-4-6-17(7-5-16)33-22(23,24)25)8-9-28(13)21(31)20(30)26-15-3-2-14-10-19(29)32-18(14)11-15/h2-7,11,13H,8-10,12H2,1H3,(H,26,30)/t13-/m1/s1. The van der Waals surface area contributed by atoms with E-state index < -0.39 is 18.2 Å². The molecule has 0 spiro atoms. The minimum atomic E-state index is -4.76. The smallest absolute Gasteiger partial charge is 0.426 e. The molecule has 2 aromatic rings. The second kappa shape index (κ2) is 8.64. The summed E-state index contributed by atoms with van der Waals surface area (Å²) in [6, 6.07) is 9.92. The van der Waals surface area contributed by atoms with Crippen molar-refractivity contribution in [2.45, 2.75) is 25.7 Å². The Morgan fingerprint density at radius 3 is 2.52 bits per heavy atom. The first-order valence-corrected chi connectivity index (χ1v) is 10.2. The van der Waals surface area contributed by atoms with Crippen LogP contribution in [0.5, 0.6) is 11.5 Å². The van der Waals surface area contributed by atoms with Crippen LogP contribution in [0.15, 0.2) is 42.5 Å². The molecule has 8 nitrogen and oxygen atoms in total. The number of nitrogens with zero attached hydrogens (tertiary/aromatic N) is 2. The maximum absolute atomic E-state index is 12.7. The zero-order valence-electron chi connectivity index (χ0n) is 17.5. The third-order valence-electron chi connectivity index (χ3n) is 5.40. The van der Waals surface area contributed by atoms with Gasteiger partial charge in [0.1, 0.15) is 11.5 Å². The fourth-order valence-electron chi connectivity index (χ4n) is 3.86. The number of anilines is 2. The summed E-state index contributed by atoms with van der Waals surface area (Å²) in [5.74, 6) is -1.84. The molecule has 0 saturated carbocycles. The average molecular weight is 463 g/mol. The number of benzene rings is 2. The summed E-state index contributed by atoms with van der Waals surface area (Å²) in [6.45, 7) is 2.84. The number of hydrogen-bond acceptors (Lipinski definition) is 6. The van der Waals surface area contributed by atoms with Crippen LogP contribution >= 0.6 is 0 Å². The molecule has 1 N–H and O–H groups in total. The molecule has 2 aromatic carbocycles. The van der Waals surface area contributed by atoms with Crippen molar-refractivity contribution in [2.75, 3.05) is 29.9 Å². The Bertz CT molecular complexity index is 1090. The number of hydrogen-bond donors (Lipinski definition) is 1. The average Bonchev–Trinajstić information content (AvgIpc) is 3.12. The van der Waals surface area contributed by atoms with E-state index in [1.54, 1.807) is 19.1 Å². The van der Waals surface area contributed by atoms with Gasteiger partial charge in [0.25, 0.3) is 0 Å². The highest BCUT2D eigenvalue weighted by atomic mass is 19.4. The topological polar surface area (TPSA) is 88.2 Å². The van der Waals surface area contributed by atoms with Crippen molar-refractivity contribution in [3.63, 3.8) is 0 Å². The zero-order valence-corrected chi connectivity index (χ0v) is 17.5. The quantitative estimate of drug-likeness (QED) is 0.428. The van der Waals surface area contributed by atoms with Crippen molar-refractivity contribution in [1.29, 1.82) is 0 Å². The van der Waals surface area contributed by atoms with Crippen molar-refractivity contribution in [3.8, 4) is 11.5 Å². The van der Waals surface area contributed by atoms with Gasteiger partial charge in [-0.05, 0) is 37.3 Å². The van der Waals surface area contributed by atoms with E-state index in [0.717, 1.165) is 0 Å². The summed E-state index contributed by atoms with van der Waals surface area (Å²) < 4.78 is 45.9. The molecule has 0 bridgehead atoms. The van der Waals surface area contributed by atoms with Crippen molar-refractivity contribution < 1.29 is 37.0 Å². The molecule has 0 radical (unpaired) electrons. The highest BCUT2D eigenvalue weighted by Gasteiger charge is 2.33. The Balaban J connectivity index is 1.34. The maximum atomic E-state index is 12.7. The first-order chi connectivity index (χ1) is 15.6. The molecule has 0 aromatic heterocycles. The van der Waals surface area contributed by atoms with E-state index in [9.17, 15) is 27.6 Å². The van der Waals surface area contributed by atoms with Crippen molar-refractivity contribution in [3.05, 3.63) is 48.0 Å². The third-order valence-corrected chi connectivity index (χ3v) is 5.40. The van der Waals surface area contributed by atoms with Crippen LogP contribution < -0.4 is 19.7 Å². The lowest BCUT2D eigenvalue weighted by Gasteiger charge is -2.40. The van der Waals surface area contributed by atoms with Crippen LogP contribution in [0.4, 0.5) is 24.5 Å². The van der Waals surface area contributed by atoms with E-state index >= 15 is 0 Å². The van der Waals surface area contributed by atoms with Gasteiger partial charge in [0.2, 0.25) is 0 Å². The number of esters is 1. The van der Waals surface area contributed by atoms with E-state index in [1.165, 1.54) is 35.2 Å². The molecule has 4 rings (SSSR count). The summed E-state index contributed by atoms with van der Waals surface area (Å²) in [5, 5.41) is 2.53. The number of ether oxygens (including phenoxy) is 2. The van der Waals surface area contributed by atoms with Crippen LogP contribution in [0.3, 0.4) is 0 Å². The van der Waals surface area contributed by atoms with E-state index in [2.05, 4.69) is 10.1 Å². The first kappa shape index (κ1) is 22.4. The number of amides is 2. The van der Waals surface area contributed by atoms with Gasteiger partial charge in [-0.25, -0.2) is 0 Å². The van der Waals surface area contributed by atoms with Crippen LogP contribution in [0, 0.1) is 0 Å². The summed E-state index contributed by atoms with van der Waals surface area (Å²) in [7, 11) is 0. The van der Waals surface area contributed by atoms with Crippen LogP contribution in [0.1, 0.15) is 12.5 Å². The number of alkyl halides is 3. The molecule has 1 atom stereocenters. The molecule has 1 saturated heterocycles. The lowest BCUT2D eigenvalue weighted by atomic mass is 10.1. The van der Waals surface area contributed by atoms with Gasteiger partial charge in [-0.3, -0.25) is 14.4 Å². The molecule has 33 heavy (non-hydrogen) atoms. The fraction of sp³-hybridized carbons (Fsp3) is 0.318. The zero-order chi connectivity index (χ0) is 23.8. The summed E-state index contributed by atoms with van der Waals surface area (Å²) >= 11 is 0. The van der Waals surface area contributed by atoms with E-state index in [-0.39, 0.29) is 30.7 Å². The Labute approximate surface area is 186 Å². The molecule has 2 amide bonds. The number of halogens is 3. The number of carbonyl (C=O) groups is 3. The highest BCUT2D eigenvalue weighted by Crippen LogP contribution is 2.29. The van der Waals surface area contributed by atoms with Crippen molar-refractivity contribution >= 4 is 29.2 Å². The second-order valence-corrected chi connectivity index (χ2v) is 7.76. The van der Waals surface area contributed by atoms with Crippen LogP contribution in [-0.2, 0) is 20.8 Å². The normalized spacial score (nSPS) is 17.9. The number of carbonyl (C=O) groups excluding carboxylic acids is 3. The lowest BCUT2D eigenvalue weighted by molar-refractivity contribution is -0.274. The van der Waals surface area contributed by atoms with Gasteiger partial charge in [0.05, 0.1) is 6.42 Å². The monoisotopic (exact) mass is 463 g/mol. The summed E-state index contributed by atoms with van der Waals surface area (Å²) in [5.41, 5.74) is 1.74. The van der Waals surface area contributed by atoms with E-state index in [4.69, 9.17) is 4.74 Å². The van der Waals surface area contributed by atoms with Gasteiger partial charge in [-0.1, -0.05) is 6.07 Å². The molecule has 174 valence electrons. The van der Waals surface area contributed by atoms with Gasteiger partial charge < -0.3 is 24.6 Å².